The molecule has 194 valence electrons. The minimum Gasteiger partial charge on any atom is -0.492 e. The van der Waals surface area contributed by atoms with Crippen LogP contribution in [0.4, 0.5) is 14.5 Å². The van der Waals surface area contributed by atoms with Gasteiger partial charge < -0.3 is 14.5 Å². The fourth-order valence-corrected chi connectivity index (χ4v) is 5.38. The van der Waals surface area contributed by atoms with E-state index in [4.69, 9.17) is 14.3 Å². The second kappa shape index (κ2) is 10.8. The van der Waals surface area contributed by atoms with Crippen LogP contribution in [0.1, 0.15) is 42.9 Å². The van der Waals surface area contributed by atoms with E-state index in [1.54, 1.807) is 18.2 Å². The zero-order valence-electron chi connectivity index (χ0n) is 21.2. The molecule has 0 radical (unpaired) electrons. The fraction of sp³-hybridized carbons (Fsp3) is 0.345. The lowest BCUT2D eigenvalue weighted by molar-refractivity contribution is 0.125. The van der Waals surface area contributed by atoms with E-state index in [0.29, 0.717) is 29.8 Å². The van der Waals surface area contributed by atoms with E-state index in [0.717, 1.165) is 53.7 Å². The van der Waals surface area contributed by atoms with Crippen molar-refractivity contribution in [2.75, 3.05) is 26.3 Å². The summed E-state index contributed by atoms with van der Waals surface area (Å²) in [5.41, 5.74) is 8.16. The Kier molecular flexibility index (Phi) is 7.28. The number of fused-ring (bicyclic) bond motifs is 1. The number of nitrogens with zero attached hydrogens (tertiary/aromatic N) is 1. The van der Waals surface area contributed by atoms with Crippen molar-refractivity contribution in [2.45, 2.75) is 38.5 Å². The second-order valence-electron chi connectivity index (χ2n) is 9.59. The number of aromatic nitrogens is 2. The Bertz CT molecular complexity index is 1400. The topological polar surface area (TPSA) is 68.4 Å². The van der Waals surface area contributed by atoms with Gasteiger partial charge in [-0.05, 0) is 92.5 Å². The number of halogens is 2. The highest BCUT2D eigenvalue weighted by Crippen LogP contribution is 2.42. The number of hydrogen-bond donors (Lipinski definition) is 2. The number of methoxy groups -OCH3 is 2. The monoisotopic (exact) mass is 507 g/mol. The summed E-state index contributed by atoms with van der Waals surface area (Å²) in [6.45, 7) is 2.50. The van der Waals surface area contributed by atoms with Crippen molar-refractivity contribution in [3.63, 3.8) is 0 Å². The first-order valence-electron chi connectivity index (χ1n) is 12.5. The third-order valence-electron chi connectivity index (χ3n) is 7.22. The number of nitrogens with one attached hydrogen (secondary N) is 2. The van der Waals surface area contributed by atoms with Gasteiger partial charge in [-0.2, -0.15) is 0 Å². The molecule has 37 heavy (non-hydrogen) atoms. The Morgan fingerprint density at radius 1 is 0.973 bits per heavy atom. The van der Waals surface area contributed by atoms with E-state index in [2.05, 4.69) is 15.4 Å². The molecule has 0 aliphatic heterocycles. The minimum atomic E-state index is -0.488. The van der Waals surface area contributed by atoms with Gasteiger partial charge in [-0.1, -0.05) is 0 Å². The number of ether oxygens (including phenoxy) is 2. The molecule has 2 aromatic heterocycles. The number of anilines is 1. The molecule has 4 aromatic rings. The van der Waals surface area contributed by atoms with E-state index in [-0.39, 0.29) is 11.6 Å². The van der Waals surface area contributed by atoms with Gasteiger partial charge in [-0.15, -0.1) is 0 Å². The summed E-state index contributed by atoms with van der Waals surface area (Å²) in [4.78, 5) is 13.6. The van der Waals surface area contributed by atoms with Crippen LogP contribution < -0.4 is 15.0 Å². The summed E-state index contributed by atoms with van der Waals surface area (Å²) in [5.74, 6) is 0.451. The Labute approximate surface area is 214 Å². The molecule has 0 bridgehead atoms. The van der Waals surface area contributed by atoms with Crippen molar-refractivity contribution < 1.29 is 23.1 Å². The Morgan fingerprint density at radius 2 is 1.76 bits per heavy atom. The smallest absolute Gasteiger partial charge is 0.197 e. The Hall–Kier alpha value is -3.65. The standard InChI is InChI=1S/C29H31F2N3O3/c1-17-14-26(27(33-17)22-9-10-24(31)29(36-3)28(22)35-2)34-37-16-18-4-6-19(7-5-18)21-12-13-32-25-11-8-20(30)15-23(21)25/h8-15,18-19,33-34H,4-7,16H2,1-3H3. The van der Waals surface area contributed by atoms with E-state index >= 15 is 0 Å². The third-order valence-corrected chi connectivity index (χ3v) is 7.22. The van der Waals surface area contributed by atoms with Crippen molar-refractivity contribution in [3.8, 4) is 22.8 Å². The maximum Gasteiger partial charge on any atom is 0.197 e. The first kappa shape index (κ1) is 25.0. The molecular formula is C29H31F2N3O3. The lowest BCUT2D eigenvalue weighted by Gasteiger charge is -2.29. The number of hydrogen-bond acceptors (Lipinski definition) is 5. The van der Waals surface area contributed by atoms with E-state index in [1.807, 2.05) is 25.3 Å². The van der Waals surface area contributed by atoms with Gasteiger partial charge in [-0.3, -0.25) is 15.3 Å². The van der Waals surface area contributed by atoms with Gasteiger partial charge in [0.25, 0.3) is 0 Å². The molecule has 8 heteroatoms. The highest BCUT2D eigenvalue weighted by Gasteiger charge is 2.25. The third kappa shape index (κ3) is 5.11. The van der Waals surface area contributed by atoms with Crippen molar-refractivity contribution in [3.05, 3.63) is 71.6 Å². The number of aryl methyl sites for hydroxylation is 1. The summed E-state index contributed by atoms with van der Waals surface area (Å²) >= 11 is 0. The quantitative estimate of drug-likeness (QED) is 0.248. The maximum absolute atomic E-state index is 14.2. The van der Waals surface area contributed by atoms with Crippen LogP contribution in [0.15, 0.2) is 48.7 Å². The van der Waals surface area contributed by atoms with Crippen LogP contribution in [-0.4, -0.2) is 30.8 Å². The van der Waals surface area contributed by atoms with Crippen LogP contribution in [0.2, 0.25) is 0 Å². The zero-order chi connectivity index (χ0) is 25.9. The van der Waals surface area contributed by atoms with Crippen LogP contribution >= 0.6 is 0 Å². The summed E-state index contributed by atoms with van der Waals surface area (Å²) in [6.07, 6.45) is 5.90. The average molecular weight is 508 g/mol. The summed E-state index contributed by atoms with van der Waals surface area (Å²) in [5, 5.41) is 0.909. The van der Waals surface area contributed by atoms with Crippen LogP contribution in [0.5, 0.6) is 11.5 Å². The molecule has 0 spiro atoms. The molecule has 2 N–H and O–H groups in total. The lowest BCUT2D eigenvalue weighted by Crippen LogP contribution is -2.19. The highest BCUT2D eigenvalue weighted by molar-refractivity contribution is 5.83. The van der Waals surface area contributed by atoms with Crippen molar-refractivity contribution in [2.24, 2.45) is 5.92 Å². The van der Waals surface area contributed by atoms with Gasteiger partial charge >= 0.3 is 0 Å². The van der Waals surface area contributed by atoms with E-state index in [1.165, 1.54) is 31.9 Å². The fourth-order valence-electron chi connectivity index (χ4n) is 5.38. The van der Waals surface area contributed by atoms with Crippen molar-refractivity contribution in [1.29, 1.82) is 0 Å². The summed E-state index contributed by atoms with van der Waals surface area (Å²) in [6, 6.07) is 11.8. The van der Waals surface area contributed by atoms with Crippen molar-refractivity contribution >= 4 is 16.6 Å². The number of benzene rings is 2. The molecule has 2 aromatic carbocycles. The number of rotatable bonds is 8. The predicted octanol–water partition coefficient (Wildman–Crippen LogP) is 7.15. The second-order valence-corrected chi connectivity index (χ2v) is 9.59. The number of pyridine rings is 1. The first-order valence-corrected chi connectivity index (χ1v) is 12.5. The molecule has 0 unspecified atom stereocenters. The average Bonchev–Trinajstić information content (AvgIpc) is 3.28. The molecule has 1 aliphatic rings. The Balaban J connectivity index is 1.23. The largest absolute Gasteiger partial charge is 0.492 e. The van der Waals surface area contributed by atoms with Gasteiger partial charge in [-0.25, -0.2) is 8.78 Å². The molecule has 1 fully saturated rings. The van der Waals surface area contributed by atoms with Crippen molar-refractivity contribution in [1.82, 2.24) is 9.97 Å². The Morgan fingerprint density at radius 3 is 2.51 bits per heavy atom. The minimum absolute atomic E-state index is 0.0561. The van der Waals surface area contributed by atoms with E-state index in [9.17, 15) is 8.78 Å². The van der Waals surface area contributed by atoms with E-state index < -0.39 is 5.82 Å². The van der Waals surface area contributed by atoms with Crippen LogP contribution in [0, 0.1) is 24.5 Å². The van der Waals surface area contributed by atoms with Gasteiger partial charge in [0.05, 0.1) is 37.7 Å². The molecule has 6 nitrogen and oxygen atoms in total. The number of H-pyrrole nitrogens is 1. The highest BCUT2D eigenvalue weighted by atomic mass is 19.1. The van der Waals surface area contributed by atoms with Gasteiger partial charge in [0, 0.05) is 22.8 Å². The van der Waals surface area contributed by atoms with Crippen LogP contribution in [0.3, 0.4) is 0 Å². The predicted molar refractivity (Wildman–Crippen MR) is 140 cm³/mol. The SMILES string of the molecule is COc1c(F)ccc(-c2[nH]c(C)cc2NOCC2CCC(c3ccnc4ccc(F)cc34)CC2)c1OC. The lowest BCUT2D eigenvalue weighted by atomic mass is 9.78. The molecule has 0 saturated heterocycles. The molecule has 2 heterocycles. The zero-order valence-corrected chi connectivity index (χ0v) is 21.2. The maximum atomic E-state index is 14.2. The number of aromatic amines is 1. The summed E-state index contributed by atoms with van der Waals surface area (Å²) < 4.78 is 38.8. The summed E-state index contributed by atoms with van der Waals surface area (Å²) in [7, 11) is 2.90. The first-order chi connectivity index (χ1) is 18.0. The van der Waals surface area contributed by atoms with Gasteiger partial charge in [0.2, 0.25) is 0 Å². The molecular weight excluding hydrogens is 476 g/mol. The van der Waals surface area contributed by atoms with Gasteiger partial charge in [0.1, 0.15) is 5.82 Å². The normalized spacial score (nSPS) is 17.6. The van der Waals surface area contributed by atoms with Gasteiger partial charge in [0.15, 0.2) is 17.3 Å². The molecule has 1 aliphatic carbocycles. The molecule has 1 saturated carbocycles. The molecule has 0 amide bonds. The van der Waals surface area contributed by atoms with Crippen LogP contribution in [0.25, 0.3) is 22.2 Å². The van der Waals surface area contributed by atoms with Crippen LogP contribution in [-0.2, 0) is 4.84 Å². The molecule has 5 rings (SSSR count). The molecule has 0 atom stereocenters.